The molecule has 0 unspecified atom stereocenters. The van der Waals surface area contributed by atoms with Crippen molar-refractivity contribution in [1.82, 2.24) is 0 Å². The zero-order chi connectivity index (χ0) is 18.0. The molecular weight excluding hydrogens is 335 g/mol. The van der Waals surface area contributed by atoms with Crippen molar-refractivity contribution in [3.8, 4) is 5.75 Å². The number of nitro benzene ring substituents is 1. The lowest BCUT2D eigenvalue weighted by Crippen LogP contribution is -2.13. The Hall–Kier alpha value is -3.43. The highest BCUT2D eigenvalue weighted by atomic mass is 19.2. The molecule has 0 saturated heterocycles. The minimum absolute atomic E-state index is 0.452. The number of benzene rings is 2. The van der Waals surface area contributed by atoms with Gasteiger partial charge in [-0.3, -0.25) is 10.1 Å². The lowest BCUT2D eigenvalue weighted by molar-refractivity contribution is -0.385. The van der Waals surface area contributed by atoms with E-state index in [0.717, 1.165) is 12.1 Å². The molecule has 24 heavy (non-hydrogen) atoms. The Morgan fingerprint density at radius 1 is 1.04 bits per heavy atom. The molecule has 0 aliphatic carbocycles. The van der Waals surface area contributed by atoms with Gasteiger partial charge in [0, 0.05) is 12.1 Å². The molecule has 0 aliphatic rings. The van der Waals surface area contributed by atoms with E-state index in [4.69, 9.17) is 5.11 Å². The number of esters is 1. The maximum atomic E-state index is 13.5. The van der Waals surface area contributed by atoms with Crippen LogP contribution in [0.25, 0.3) is 0 Å². The van der Waals surface area contributed by atoms with Crippen molar-refractivity contribution in [2.75, 3.05) is 0 Å². The highest BCUT2D eigenvalue weighted by Crippen LogP contribution is 2.25. The summed E-state index contributed by atoms with van der Waals surface area (Å²) in [5.74, 6) is -8.70. The molecule has 2 aromatic carbocycles. The molecule has 0 heterocycles. The Balaban J connectivity index is 2.36. The van der Waals surface area contributed by atoms with Crippen molar-refractivity contribution < 1.29 is 37.5 Å². The number of hydrogen-bond acceptors (Lipinski definition) is 5. The van der Waals surface area contributed by atoms with Crippen LogP contribution in [0.3, 0.4) is 0 Å². The third kappa shape index (κ3) is 3.16. The molecule has 0 aromatic heterocycles. The van der Waals surface area contributed by atoms with E-state index in [-0.39, 0.29) is 0 Å². The first-order valence-corrected chi connectivity index (χ1v) is 6.09. The Morgan fingerprint density at radius 3 is 2.29 bits per heavy atom. The number of carboxylic acids is 1. The van der Waals surface area contributed by atoms with Crippen molar-refractivity contribution in [3.05, 3.63) is 69.0 Å². The van der Waals surface area contributed by atoms with Gasteiger partial charge in [0.05, 0.1) is 10.5 Å². The normalized spacial score (nSPS) is 10.3. The first kappa shape index (κ1) is 16.9. The van der Waals surface area contributed by atoms with Gasteiger partial charge >= 0.3 is 11.9 Å². The lowest BCUT2D eigenvalue weighted by atomic mass is 10.1. The van der Waals surface area contributed by atoms with E-state index in [0.29, 0.717) is 18.2 Å². The van der Waals surface area contributed by atoms with Crippen LogP contribution in [-0.2, 0) is 0 Å². The van der Waals surface area contributed by atoms with Gasteiger partial charge in [0.25, 0.3) is 5.69 Å². The molecule has 0 aliphatic heterocycles. The molecule has 124 valence electrons. The van der Waals surface area contributed by atoms with E-state index in [9.17, 15) is 32.9 Å². The van der Waals surface area contributed by atoms with Gasteiger partial charge in [0.1, 0.15) is 11.3 Å². The maximum Gasteiger partial charge on any atom is 0.346 e. The molecule has 0 spiro atoms. The van der Waals surface area contributed by atoms with E-state index in [1.807, 2.05) is 0 Å². The molecule has 0 bridgehead atoms. The second kappa shape index (κ2) is 6.36. The number of halogens is 3. The first-order chi connectivity index (χ1) is 11.2. The van der Waals surface area contributed by atoms with Gasteiger partial charge < -0.3 is 9.84 Å². The van der Waals surface area contributed by atoms with Crippen LogP contribution in [0.5, 0.6) is 5.75 Å². The number of nitro groups is 1. The number of rotatable bonds is 4. The van der Waals surface area contributed by atoms with E-state index in [2.05, 4.69) is 4.74 Å². The lowest BCUT2D eigenvalue weighted by Gasteiger charge is -2.07. The van der Waals surface area contributed by atoms with Gasteiger partial charge in [-0.2, -0.15) is 0 Å². The average molecular weight is 341 g/mol. The summed E-state index contributed by atoms with van der Waals surface area (Å²) in [6.45, 7) is 0. The van der Waals surface area contributed by atoms with Gasteiger partial charge in [0.15, 0.2) is 17.5 Å². The number of carbonyl (C=O) groups is 2. The number of aromatic carboxylic acids is 1. The fourth-order valence-electron chi connectivity index (χ4n) is 1.75. The molecule has 2 aromatic rings. The SMILES string of the molecule is O=C(O)c1cc(OC(=O)c2ccc(F)c(F)c2F)ccc1[N+](=O)[O-]. The zero-order valence-electron chi connectivity index (χ0n) is 11.5. The van der Waals surface area contributed by atoms with Crippen LogP contribution in [0.2, 0.25) is 0 Å². The van der Waals surface area contributed by atoms with Crippen LogP contribution >= 0.6 is 0 Å². The predicted octanol–water partition coefficient (Wildman–Crippen LogP) is 2.93. The summed E-state index contributed by atoms with van der Waals surface area (Å²) in [7, 11) is 0. The minimum Gasteiger partial charge on any atom is -0.477 e. The Kier molecular flexibility index (Phi) is 4.49. The third-order valence-corrected chi connectivity index (χ3v) is 2.86. The molecule has 0 amide bonds. The summed E-state index contributed by atoms with van der Waals surface area (Å²) in [4.78, 5) is 32.5. The van der Waals surface area contributed by atoms with Crippen molar-refractivity contribution in [3.63, 3.8) is 0 Å². The molecule has 0 fully saturated rings. The second-order valence-electron chi connectivity index (χ2n) is 4.35. The summed E-state index contributed by atoms with van der Waals surface area (Å²) in [5.41, 5.74) is -2.44. The summed E-state index contributed by atoms with van der Waals surface area (Å²) in [5, 5.41) is 19.6. The number of ether oxygens (including phenoxy) is 1. The highest BCUT2D eigenvalue weighted by molar-refractivity contribution is 5.94. The van der Waals surface area contributed by atoms with Crippen LogP contribution < -0.4 is 4.74 Å². The van der Waals surface area contributed by atoms with Crippen molar-refractivity contribution in [2.45, 2.75) is 0 Å². The zero-order valence-corrected chi connectivity index (χ0v) is 11.5. The van der Waals surface area contributed by atoms with Crippen LogP contribution in [0.1, 0.15) is 20.7 Å². The topological polar surface area (TPSA) is 107 Å². The van der Waals surface area contributed by atoms with Crippen LogP contribution in [0.15, 0.2) is 30.3 Å². The molecular formula is C14H6F3NO6. The van der Waals surface area contributed by atoms with Crippen molar-refractivity contribution in [2.24, 2.45) is 0 Å². The minimum atomic E-state index is -1.88. The monoisotopic (exact) mass is 341 g/mol. The molecule has 1 N–H and O–H groups in total. The van der Waals surface area contributed by atoms with Gasteiger partial charge in [-0.1, -0.05) is 0 Å². The van der Waals surface area contributed by atoms with Crippen molar-refractivity contribution >= 4 is 17.6 Å². The van der Waals surface area contributed by atoms with E-state index in [1.54, 1.807) is 0 Å². The van der Waals surface area contributed by atoms with E-state index >= 15 is 0 Å². The fourth-order valence-corrected chi connectivity index (χ4v) is 1.75. The first-order valence-electron chi connectivity index (χ1n) is 6.09. The number of hydrogen-bond donors (Lipinski definition) is 1. The molecule has 0 atom stereocenters. The van der Waals surface area contributed by atoms with Gasteiger partial charge in [-0.25, -0.2) is 22.8 Å². The molecule has 7 nitrogen and oxygen atoms in total. The van der Waals surface area contributed by atoms with Gasteiger partial charge in [0.2, 0.25) is 0 Å². The summed E-state index contributed by atoms with van der Waals surface area (Å²) in [6, 6.07) is 3.50. The number of carbonyl (C=O) groups excluding carboxylic acids is 1. The number of carboxylic acid groups (broad SMARTS) is 1. The molecule has 0 saturated carbocycles. The van der Waals surface area contributed by atoms with Crippen molar-refractivity contribution in [1.29, 1.82) is 0 Å². The highest BCUT2D eigenvalue weighted by Gasteiger charge is 2.23. The standard InChI is InChI=1S/C14H6F3NO6/c15-9-3-2-7(11(16)12(9)17)14(21)24-6-1-4-10(18(22)23)8(5-6)13(19)20/h1-5H,(H,19,20). The largest absolute Gasteiger partial charge is 0.477 e. The van der Waals surface area contributed by atoms with Gasteiger partial charge in [-0.15, -0.1) is 0 Å². The molecule has 0 radical (unpaired) electrons. The van der Waals surface area contributed by atoms with Crippen LogP contribution in [0.4, 0.5) is 18.9 Å². The van der Waals surface area contributed by atoms with E-state index in [1.165, 1.54) is 0 Å². The summed E-state index contributed by atoms with van der Waals surface area (Å²) in [6.07, 6.45) is 0. The summed E-state index contributed by atoms with van der Waals surface area (Å²) >= 11 is 0. The quantitative estimate of drug-likeness (QED) is 0.301. The Morgan fingerprint density at radius 2 is 1.71 bits per heavy atom. The number of nitrogens with zero attached hydrogens (tertiary/aromatic N) is 1. The van der Waals surface area contributed by atoms with E-state index < -0.39 is 56.9 Å². The second-order valence-corrected chi connectivity index (χ2v) is 4.35. The fraction of sp³-hybridized carbons (Fsp3) is 0. The van der Waals surface area contributed by atoms with Crippen LogP contribution in [0, 0.1) is 27.6 Å². The Bertz CT molecular complexity index is 868. The smallest absolute Gasteiger partial charge is 0.346 e. The van der Waals surface area contributed by atoms with Gasteiger partial charge in [-0.05, 0) is 18.2 Å². The average Bonchev–Trinajstić information content (AvgIpc) is 2.52. The third-order valence-electron chi connectivity index (χ3n) is 2.86. The predicted molar refractivity (Wildman–Crippen MR) is 71.3 cm³/mol. The molecule has 10 heteroatoms. The summed E-state index contributed by atoms with van der Waals surface area (Å²) < 4.78 is 44.0. The Labute approximate surface area is 131 Å². The van der Waals surface area contributed by atoms with Crippen LogP contribution in [-0.4, -0.2) is 22.0 Å². The maximum absolute atomic E-state index is 13.5. The molecule has 2 rings (SSSR count).